The van der Waals surface area contributed by atoms with Crippen molar-refractivity contribution in [2.24, 2.45) is 11.8 Å². The largest absolute Gasteiger partial charge is 1.00 e. The Labute approximate surface area is 205 Å². The third-order valence-electron chi connectivity index (χ3n) is 6.26. The second-order valence-electron chi connectivity index (χ2n) is 7.93. The van der Waals surface area contributed by atoms with Gasteiger partial charge >= 0.3 is 29.6 Å². The molecule has 1 amide bonds. The summed E-state index contributed by atoms with van der Waals surface area (Å²) in [5.74, 6) is -1.93. The van der Waals surface area contributed by atoms with Gasteiger partial charge in [-0.05, 0) is 30.7 Å². The zero-order valence-corrected chi connectivity index (χ0v) is 20.3. The second-order valence-corrected chi connectivity index (χ2v) is 9.02. The number of aliphatic hydroxyl groups excluding tert-OH is 1. The molecule has 1 N–H and O–H groups in total. The van der Waals surface area contributed by atoms with Crippen LogP contribution in [-0.2, 0) is 9.59 Å². The number of fused-ring (bicyclic) bond motifs is 4. The summed E-state index contributed by atoms with van der Waals surface area (Å²) in [6.45, 7) is 3.47. The first-order valence-electron chi connectivity index (χ1n) is 9.88. The van der Waals surface area contributed by atoms with E-state index in [2.05, 4.69) is 6.07 Å². The van der Waals surface area contributed by atoms with E-state index < -0.39 is 18.0 Å². The van der Waals surface area contributed by atoms with Gasteiger partial charge in [-0.2, -0.15) is 0 Å². The normalized spacial score (nSPS) is 23.5. The van der Waals surface area contributed by atoms with Crippen molar-refractivity contribution >= 4 is 43.4 Å². The van der Waals surface area contributed by atoms with Crippen LogP contribution in [0.25, 0.3) is 20.2 Å². The zero-order valence-electron chi connectivity index (χ0n) is 17.5. The van der Waals surface area contributed by atoms with Gasteiger partial charge in [0.15, 0.2) is 0 Å². The van der Waals surface area contributed by atoms with E-state index in [-0.39, 0.29) is 59.7 Å². The van der Waals surface area contributed by atoms with E-state index in [1.54, 1.807) is 18.3 Å². The Bertz CT molecular complexity index is 1230. The number of thiophene rings is 1. The number of nitrogens with zero attached hydrogens (tertiary/aromatic N) is 1. The first-order valence-corrected chi connectivity index (χ1v) is 10.7. The molecule has 154 valence electrons. The van der Waals surface area contributed by atoms with E-state index in [0.717, 1.165) is 20.2 Å². The van der Waals surface area contributed by atoms with E-state index in [1.807, 2.05) is 43.3 Å². The molecule has 2 aromatic carbocycles. The smallest absolute Gasteiger partial charge is 0.543 e. The number of carbonyl (C=O) groups excluding carboxylic acids is 2. The van der Waals surface area contributed by atoms with E-state index in [1.165, 1.54) is 4.90 Å². The molecule has 0 saturated carbocycles. The predicted octanol–water partition coefficient (Wildman–Crippen LogP) is -0.701. The summed E-state index contributed by atoms with van der Waals surface area (Å²) in [4.78, 5) is 25.6. The number of carboxylic acid groups (broad SMARTS) is 1. The second kappa shape index (κ2) is 8.22. The van der Waals surface area contributed by atoms with Gasteiger partial charge < -0.3 is 24.6 Å². The van der Waals surface area contributed by atoms with Crippen LogP contribution < -0.4 is 39.4 Å². The number of amides is 1. The van der Waals surface area contributed by atoms with Gasteiger partial charge in [0.2, 0.25) is 5.91 Å². The number of ether oxygens (including phenoxy) is 1. The summed E-state index contributed by atoms with van der Waals surface area (Å²) >= 11 is 1.68. The third-order valence-corrected chi connectivity index (χ3v) is 7.39. The average molecular weight is 445 g/mol. The summed E-state index contributed by atoms with van der Waals surface area (Å²) < 4.78 is 8.38. The molecule has 31 heavy (non-hydrogen) atoms. The number of hydrogen-bond donors (Lipinski definition) is 1. The summed E-state index contributed by atoms with van der Waals surface area (Å²) in [6, 6.07) is 13.5. The van der Waals surface area contributed by atoms with Gasteiger partial charge in [0.05, 0.1) is 29.7 Å². The molecule has 0 spiro atoms. The third kappa shape index (κ3) is 3.31. The Hall–Kier alpha value is -1.90. The Kier molecular flexibility index (Phi) is 5.91. The Morgan fingerprint density at radius 1 is 1.23 bits per heavy atom. The fourth-order valence-electron chi connectivity index (χ4n) is 4.84. The summed E-state index contributed by atoms with van der Waals surface area (Å²) in [5, 5.41) is 23.9. The molecule has 6 nitrogen and oxygen atoms in total. The molecule has 0 radical (unpaired) electrons. The maximum absolute atomic E-state index is 12.5. The Morgan fingerprint density at radius 2 is 1.94 bits per heavy atom. The number of aliphatic carboxylic acids is 1. The molecular weight excluding hydrogens is 425 g/mol. The van der Waals surface area contributed by atoms with Crippen molar-refractivity contribution in [2.75, 3.05) is 6.61 Å². The molecule has 1 aromatic heterocycles. The van der Waals surface area contributed by atoms with Crippen LogP contribution >= 0.6 is 11.3 Å². The number of β-lactam (4-membered cyclic amide) rings is 1. The fourth-order valence-corrected chi connectivity index (χ4v) is 5.96. The minimum Gasteiger partial charge on any atom is -0.543 e. The molecule has 2 aliphatic rings. The van der Waals surface area contributed by atoms with Crippen LogP contribution in [0, 0.1) is 11.8 Å². The van der Waals surface area contributed by atoms with Gasteiger partial charge in [0.25, 0.3) is 0 Å². The minimum atomic E-state index is -1.39. The molecule has 1 fully saturated rings. The molecule has 5 rings (SSSR count). The van der Waals surface area contributed by atoms with Crippen LogP contribution in [0.5, 0.6) is 5.75 Å². The molecular formula is C23H20NNaO5S. The van der Waals surface area contributed by atoms with Crippen LogP contribution in [0.1, 0.15) is 13.8 Å². The quantitative estimate of drug-likeness (QED) is 0.414. The van der Waals surface area contributed by atoms with Crippen molar-refractivity contribution in [2.45, 2.75) is 26.0 Å². The van der Waals surface area contributed by atoms with E-state index in [9.17, 15) is 19.8 Å². The number of rotatable bonds is 5. The maximum Gasteiger partial charge on any atom is 1.00 e. The van der Waals surface area contributed by atoms with Crippen molar-refractivity contribution in [3.8, 4) is 5.75 Å². The summed E-state index contributed by atoms with van der Waals surface area (Å²) in [6.07, 6.45) is -0.838. The summed E-state index contributed by atoms with van der Waals surface area (Å²) in [5.41, 5.74) is 0.407. The van der Waals surface area contributed by atoms with Gasteiger partial charge in [-0.15, -0.1) is 11.3 Å². The molecule has 8 heteroatoms. The first-order chi connectivity index (χ1) is 14.4. The number of hydrogen-bond acceptors (Lipinski definition) is 6. The van der Waals surface area contributed by atoms with Crippen molar-refractivity contribution in [3.63, 3.8) is 0 Å². The minimum absolute atomic E-state index is 0. The average Bonchev–Trinajstić information content (AvgIpc) is 3.20. The molecule has 3 unspecified atom stereocenters. The molecule has 3 aromatic rings. The summed E-state index contributed by atoms with van der Waals surface area (Å²) in [7, 11) is 0. The topological polar surface area (TPSA) is 89.9 Å². The fraction of sp³-hybridized carbons (Fsp3) is 0.304. The molecule has 0 aliphatic carbocycles. The van der Waals surface area contributed by atoms with Crippen molar-refractivity contribution in [3.05, 3.63) is 53.7 Å². The predicted molar refractivity (Wildman–Crippen MR) is 112 cm³/mol. The van der Waals surface area contributed by atoms with Crippen molar-refractivity contribution < 1.29 is 54.1 Å². The first kappa shape index (κ1) is 22.3. The zero-order chi connectivity index (χ0) is 21.2. The Morgan fingerprint density at radius 3 is 2.65 bits per heavy atom. The standard InChI is InChI=1S/C23H21NO5S.Na/c1-11-14(21(23(27)28)24-20(11)18(12(2)25)22(24)26)10-29-15-7-5-9-17-19(15)13-6-3-4-8-16(13)30-17;/h3-9,11-12,18,20,25H,10H2,1-2H3,(H,27,28);/q;+1/p-1/t11-,12?,18?,20?;/m0./s1. The molecule has 1 saturated heterocycles. The SMILES string of the molecule is CC(O)C1C(=O)N2C(C(=O)[O-])=C(COc3cccc4sc5ccccc5c34)[C@H](C)C12.[Na+]. The maximum atomic E-state index is 12.5. The molecule has 3 heterocycles. The van der Waals surface area contributed by atoms with Crippen LogP contribution in [0.2, 0.25) is 0 Å². The van der Waals surface area contributed by atoms with Gasteiger partial charge in [-0.25, -0.2) is 0 Å². The van der Waals surface area contributed by atoms with Crippen LogP contribution in [0.15, 0.2) is 53.7 Å². The van der Waals surface area contributed by atoms with E-state index in [0.29, 0.717) is 11.3 Å². The molecule has 2 aliphatic heterocycles. The molecule has 4 atom stereocenters. The number of benzene rings is 2. The van der Waals surface area contributed by atoms with Gasteiger partial charge in [-0.1, -0.05) is 31.2 Å². The van der Waals surface area contributed by atoms with E-state index >= 15 is 0 Å². The number of aliphatic hydroxyl groups is 1. The monoisotopic (exact) mass is 445 g/mol. The molecule has 0 bridgehead atoms. The van der Waals surface area contributed by atoms with Gasteiger partial charge in [0, 0.05) is 26.1 Å². The number of carboxylic acids is 1. The van der Waals surface area contributed by atoms with Crippen LogP contribution in [0.3, 0.4) is 0 Å². The van der Waals surface area contributed by atoms with Crippen molar-refractivity contribution in [1.29, 1.82) is 0 Å². The van der Waals surface area contributed by atoms with Gasteiger partial charge in [-0.3, -0.25) is 4.79 Å². The van der Waals surface area contributed by atoms with E-state index in [4.69, 9.17) is 4.74 Å². The van der Waals surface area contributed by atoms with Crippen LogP contribution in [-0.4, -0.2) is 40.6 Å². The van der Waals surface area contributed by atoms with Crippen LogP contribution in [0.4, 0.5) is 0 Å². The number of carbonyl (C=O) groups is 2. The van der Waals surface area contributed by atoms with Crippen molar-refractivity contribution in [1.82, 2.24) is 4.90 Å². The Balaban J connectivity index is 0.00000231. The van der Waals surface area contributed by atoms with Gasteiger partial charge in [0.1, 0.15) is 12.4 Å².